The summed E-state index contributed by atoms with van der Waals surface area (Å²) in [7, 11) is 0. The first kappa shape index (κ1) is 19.7. The molecule has 1 amide bonds. The van der Waals surface area contributed by atoms with Gasteiger partial charge in [0.25, 0.3) is 5.91 Å². The lowest BCUT2D eigenvalue weighted by molar-refractivity contribution is 0.0740. The number of benzene rings is 3. The Balaban J connectivity index is 1.77. The Morgan fingerprint density at radius 3 is 2.37 bits per heavy atom. The molecular weight excluding hydrogens is 377 g/mol. The van der Waals surface area contributed by atoms with Crippen LogP contribution in [0, 0.1) is 12.7 Å². The van der Waals surface area contributed by atoms with Crippen molar-refractivity contribution in [2.75, 3.05) is 6.54 Å². The van der Waals surface area contributed by atoms with Crippen molar-refractivity contribution in [2.45, 2.75) is 20.4 Å². The Morgan fingerprint density at radius 2 is 1.63 bits per heavy atom. The van der Waals surface area contributed by atoms with Crippen molar-refractivity contribution in [3.05, 3.63) is 95.6 Å². The molecule has 5 heteroatoms. The molecule has 0 atom stereocenters. The number of rotatable bonds is 5. The van der Waals surface area contributed by atoms with E-state index in [2.05, 4.69) is 9.97 Å². The topological polar surface area (TPSA) is 46.1 Å². The van der Waals surface area contributed by atoms with E-state index in [-0.39, 0.29) is 17.5 Å². The summed E-state index contributed by atoms with van der Waals surface area (Å²) >= 11 is 0. The van der Waals surface area contributed by atoms with Gasteiger partial charge in [0, 0.05) is 24.0 Å². The lowest BCUT2D eigenvalue weighted by Gasteiger charge is -2.21. The molecule has 30 heavy (non-hydrogen) atoms. The molecule has 1 aromatic heterocycles. The first-order chi connectivity index (χ1) is 14.6. The molecule has 0 saturated carbocycles. The Morgan fingerprint density at radius 1 is 0.933 bits per heavy atom. The summed E-state index contributed by atoms with van der Waals surface area (Å²) in [6, 6.07) is 21.9. The van der Waals surface area contributed by atoms with Crippen LogP contribution in [0.3, 0.4) is 0 Å². The van der Waals surface area contributed by atoms with E-state index in [1.165, 1.54) is 11.6 Å². The normalized spacial score (nSPS) is 10.9. The van der Waals surface area contributed by atoms with Crippen LogP contribution in [0.2, 0.25) is 0 Å². The second-order valence-electron chi connectivity index (χ2n) is 7.20. The van der Waals surface area contributed by atoms with Gasteiger partial charge >= 0.3 is 0 Å². The van der Waals surface area contributed by atoms with Gasteiger partial charge in [-0.3, -0.25) is 4.79 Å². The molecule has 150 valence electrons. The Labute approximate surface area is 175 Å². The third kappa shape index (κ3) is 3.92. The van der Waals surface area contributed by atoms with Crippen LogP contribution < -0.4 is 0 Å². The van der Waals surface area contributed by atoms with Gasteiger partial charge < -0.3 is 4.90 Å². The number of hydrogen-bond donors (Lipinski definition) is 0. The third-order valence-electron chi connectivity index (χ3n) is 5.09. The van der Waals surface area contributed by atoms with Gasteiger partial charge in [-0.05, 0) is 37.6 Å². The van der Waals surface area contributed by atoms with E-state index in [9.17, 15) is 9.18 Å². The van der Waals surface area contributed by atoms with Crippen molar-refractivity contribution in [3.8, 4) is 11.3 Å². The minimum absolute atomic E-state index is 0.0703. The summed E-state index contributed by atoms with van der Waals surface area (Å²) < 4.78 is 14.5. The molecule has 0 spiro atoms. The number of hydrogen-bond acceptors (Lipinski definition) is 3. The Kier molecular flexibility index (Phi) is 5.53. The smallest absolute Gasteiger partial charge is 0.291 e. The molecule has 4 rings (SSSR count). The fourth-order valence-electron chi connectivity index (χ4n) is 3.41. The molecule has 0 bridgehead atoms. The average Bonchev–Trinajstić information content (AvgIpc) is 2.78. The zero-order valence-electron chi connectivity index (χ0n) is 17.0. The molecule has 0 N–H and O–H groups in total. The minimum atomic E-state index is -0.383. The first-order valence-corrected chi connectivity index (χ1v) is 9.93. The molecule has 0 aliphatic heterocycles. The SMILES string of the molecule is CCN(Cc1ccc(C)cc1)C(=O)c1nc(-c2ccccc2F)c2ccccc2n1. The summed E-state index contributed by atoms with van der Waals surface area (Å²) in [5.74, 6) is -0.589. The number of carbonyl (C=O) groups excluding carboxylic acids is 1. The molecule has 1 heterocycles. The monoisotopic (exact) mass is 399 g/mol. The second kappa shape index (κ2) is 8.41. The number of nitrogens with zero attached hydrogens (tertiary/aromatic N) is 3. The molecular formula is C25H22FN3O. The van der Waals surface area contributed by atoms with Gasteiger partial charge in [0.2, 0.25) is 5.82 Å². The maximum absolute atomic E-state index is 14.5. The standard InChI is InChI=1S/C25H22FN3O/c1-3-29(16-18-14-12-17(2)13-15-18)25(30)24-27-22-11-7-5-9-20(22)23(28-24)19-8-4-6-10-21(19)26/h4-15H,3,16H2,1-2H3. The van der Waals surface area contributed by atoms with Crippen molar-refractivity contribution in [1.82, 2.24) is 14.9 Å². The van der Waals surface area contributed by atoms with Crippen LogP contribution >= 0.6 is 0 Å². The molecule has 0 unspecified atom stereocenters. The van der Waals surface area contributed by atoms with Crippen LogP contribution in [0.15, 0.2) is 72.8 Å². The highest BCUT2D eigenvalue weighted by atomic mass is 19.1. The molecule has 0 aliphatic rings. The van der Waals surface area contributed by atoms with Gasteiger partial charge in [-0.25, -0.2) is 14.4 Å². The Bertz CT molecular complexity index is 1200. The molecule has 0 radical (unpaired) electrons. The van der Waals surface area contributed by atoms with Gasteiger partial charge in [-0.1, -0.05) is 60.2 Å². The summed E-state index contributed by atoms with van der Waals surface area (Å²) in [6.07, 6.45) is 0. The van der Waals surface area contributed by atoms with Crippen LogP contribution in [-0.4, -0.2) is 27.3 Å². The van der Waals surface area contributed by atoms with Gasteiger partial charge in [-0.15, -0.1) is 0 Å². The summed E-state index contributed by atoms with van der Waals surface area (Å²) in [5, 5.41) is 0.709. The van der Waals surface area contributed by atoms with Crippen molar-refractivity contribution >= 4 is 16.8 Å². The summed E-state index contributed by atoms with van der Waals surface area (Å²) in [4.78, 5) is 24.0. The number of fused-ring (bicyclic) bond motifs is 1. The lowest BCUT2D eigenvalue weighted by atomic mass is 10.1. The summed E-state index contributed by atoms with van der Waals surface area (Å²) in [6.45, 7) is 4.92. The number of aromatic nitrogens is 2. The molecule has 0 saturated heterocycles. The maximum atomic E-state index is 14.5. The summed E-state index contributed by atoms with van der Waals surface area (Å²) in [5.41, 5.74) is 3.59. The van der Waals surface area contributed by atoms with E-state index < -0.39 is 0 Å². The largest absolute Gasteiger partial charge is 0.332 e. The predicted octanol–water partition coefficient (Wildman–Crippen LogP) is 5.41. The van der Waals surface area contributed by atoms with Crippen molar-refractivity contribution < 1.29 is 9.18 Å². The number of aryl methyl sites for hydroxylation is 1. The number of carbonyl (C=O) groups is 1. The molecule has 4 aromatic rings. The zero-order valence-corrected chi connectivity index (χ0v) is 17.0. The predicted molar refractivity (Wildman–Crippen MR) is 117 cm³/mol. The van der Waals surface area contributed by atoms with Gasteiger partial charge in [0.05, 0.1) is 11.2 Å². The maximum Gasteiger partial charge on any atom is 0.291 e. The fourth-order valence-corrected chi connectivity index (χ4v) is 3.41. The third-order valence-corrected chi connectivity index (χ3v) is 5.09. The van der Waals surface area contributed by atoms with Crippen LogP contribution in [-0.2, 0) is 6.54 Å². The molecule has 0 aliphatic carbocycles. The van der Waals surface area contributed by atoms with Gasteiger partial charge in [-0.2, -0.15) is 0 Å². The van der Waals surface area contributed by atoms with Crippen LogP contribution in [0.5, 0.6) is 0 Å². The quantitative estimate of drug-likeness (QED) is 0.451. The minimum Gasteiger partial charge on any atom is -0.332 e. The van der Waals surface area contributed by atoms with Crippen molar-refractivity contribution in [3.63, 3.8) is 0 Å². The molecule has 4 nitrogen and oxygen atoms in total. The first-order valence-electron chi connectivity index (χ1n) is 9.93. The lowest BCUT2D eigenvalue weighted by Crippen LogP contribution is -2.31. The van der Waals surface area contributed by atoms with E-state index in [4.69, 9.17) is 0 Å². The molecule has 0 fully saturated rings. The zero-order chi connectivity index (χ0) is 21.1. The number of amides is 1. The van der Waals surface area contributed by atoms with Gasteiger partial charge in [0.1, 0.15) is 5.82 Å². The fraction of sp³-hybridized carbons (Fsp3) is 0.160. The van der Waals surface area contributed by atoms with E-state index in [1.54, 1.807) is 23.1 Å². The highest BCUT2D eigenvalue weighted by molar-refractivity contribution is 5.98. The molecule has 3 aromatic carbocycles. The van der Waals surface area contributed by atoms with E-state index in [0.29, 0.717) is 35.2 Å². The van der Waals surface area contributed by atoms with Crippen LogP contribution in [0.25, 0.3) is 22.2 Å². The van der Waals surface area contributed by atoms with Crippen LogP contribution in [0.4, 0.5) is 4.39 Å². The van der Waals surface area contributed by atoms with E-state index in [0.717, 1.165) is 5.56 Å². The van der Waals surface area contributed by atoms with Crippen molar-refractivity contribution in [2.24, 2.45) is 0 Å². The Hall–Kier alpha value is -3.60. The van der Waals surface area contributed by atoms with Crippen LogP contribution in [0.1, 0.15) is 28.7 Å². The second-order valence-corrected chi connectivity index (χ2v) is 7.20. The average molecular weight is 399 g/mol. The van der Waals surface area contributed by atoms with E-state index >= 15 is 0 Å². The van der Waals surface area contributed by atoms with Gasteiger partial charge in [0.15, 0.2) is 0 Å². The van der Waals surface area contributed by atoms with Crippen molar-refractivity contribution in [1.29, 1.82) is 0 Å². The highest BCUT2D eigenvalue weighted by Gasteiger charge is 2.21. The highest BCUT2D eigenvalue weighted by Crippen LogP contribution is 2.28. The number of halogens is 1. The van der Waals surface area contributed by atoms with E-state index in [1.807, 2.05) is 62.4 Å². The number of para-hydroxylation sites is 1.